The lowest BCUT2D eigenvalue weighted by Gasteiger charge is -2.32. The summed E-state index contributed by atoms with van der Waals surface area (Å²) in [5.41, 5.74) is 2.80. The summed E-state index contributed by atoms with van der Waals surface area (Å²) in [6.07, 6.45) is 4.19. The molecule has 6 rings (SSSR count). The first-order valence-corrected chi connectivity index (χ1v) is 11.7. The van der Waals surface area contributed by atoms with Gasteiger partial charge in [0.1, 0.15) is 0 Å². The van der Waals surface area contributed by atoms with Crippen molar-refractivity contribution < 1.29 is 19.2 Å². The molecule has 36 heavy (non-hydrogen) atoms. The fraction of sp³-hybridized carbons (Fsp3) is 0.143. The van der Waals surface area contributed by atoms with Gasteiger partial charge in [-0.15, -0.1) is 0 Å². The van der Waals surface area contributed by atoms with Crippen LogP contribution in [-0.4, -0.2) is 56.5 Å². The molecule has 0 atom stereocenters. The van der Waals surface area contributed by atoms with Crippen LogP contribution in [0.2, 0.25) is 0 Å². The maximum absolute atomic E-state index is 13.3. The second-order valence-electron chi connectivity index (χ2n) is 8.74. The maximum Gasteiger partial charge on any atom is 0.261 e. The summed E-state index contributed by atoms with van der Waals surface area (Å²) in [5, 5.41) is 0.750. The molecule has 0 bridgehead atoms. The number of amides is 4. The van der Waals surface area contributed by atoms with Gasteiger partial charge in [-0.25, -0.2) is 0 Å². The molecular weight excluding hydrogens is 456 g/mol. The molecule has 4 heterocycles. The Hall–Kier alpha value is -4.72. The number of benzene rings is 2. The fourth-order valence-electron chi connectivity index (χ4n) is 4.93. The predicted octanol–water partition coefficient (Wildman–Crippen LogP) is 3.31. The van der Waals surface area contributed by atoms with Gasteiger partial charge in [-0.3, -0.25) is 38.9 Å². The average molecular weight is 476 g/mol. The highest BCUT2D eigenvalue weighted by atomic mass is 16.2. The minimum atomic E-state index is -0.440. The van der Waals surface area contributed by atoms with Crippen LogP contribution in [0, 0.1) is 0 Å². The molecule has 0 saturated carbocycles. The van der Waals surface area contributed by atoms with Gasteiger partial charge < -0.3 is 0 Å². The van der Waals surface area contributed by atoms with Crippen molar-refractivity contribution in [3.63, 3.8) is 0 Å². The molecule has 0 radical (unpaired) electrons. The number of pyridine rings is 2. The van der Waals surface area contributed by atoms with Gasteiger partial charge in [-0.05, 0) is 48.5 Å². The van der Waals surface area contributed by atoms with Crippen LogP contribution in [0.3, 0.4) is 0 Å². The van der Waals surface area contributed by atoms with Gasteiger partial charge in [-0.2, -0.15) is 0 Å². The van der Waals surface area contributed by atoms with Crippen LogP contribution >= 0.6 is 0 Å². The van der Waals surface area contributed by atoms with E-state index in [0.29, 0.717) is 45.9 Å². The summed E-state index contributed by atoms with van der Waals surface area (Å²) in [7, 11) is 0. The number of carbonyl (C=O) groups excluding carboxylic acids is 4. The van der Waals surface area contributed by atoms with E-state index >= 15 is 0 Å². The summed E-state index contributed by atoms with van der Waals surface area (Å²) in [4.78, 5) is 64.3. The molecule has 0 spiro atoms. The normalized spacial score (nSPS) is 14.7. The first-order valence-electron chi connectivity index (χ1n) is 11.7. The summed E-state index contributed by atoms with van der Waals surface area (Å²) in [6.45, 7) is 0.358. The summed E-state index contributed by atoms with van der Waals surface area (Å²) in [5.74, 6) is -1.76. The third-order valence-electron chi connectivity index (χ3n) is 6.70. The zero-order valence-electron chi connectivity index (χ0n) is 19.2. The molecule has 8 heteroatoms. The number of imide groups is 2. The SMILES string of the molecule is O=C1c2ccc3c4c(ccc(c24)C(=O)N1CCc1ccccn1)C(=O)N(CCc1ccccn1)C3=O. The molecule has 4 aromatic rings. The minimum Gasteiger partial charge on any atom is -0.274 e. The fourth-order valence-corrected chi connectivity index (χ4v) is 4.93. The third kappa shape index (κ3) is 3.38. The lowest BCUT2D eigenvalue weighted by Crippen LogP contribution is -2.44. The van der Waals surface area contributed by atoms with E-state index in [-0.39, 0.29) is 13.1 Å². The molecule has 2 aromatic carbocycles. The first-order chi connectivity index (χ1) is 17.5. The topological polar surface area (TPSA) is 101 Å². The number of aromatic nitrogens is 2. The Morgan fingerprint density at radius 2 is 0.861 bits per heavy atom. The number of carbonyl (C=O) groups is 4. The lowest BCUT2D eigenvalue weighted by atomic mass is 9.86. The van der Waals surface area contributed by atoms with Crippen LogP contribution in [0.15, 0.2) is 73.1 Å². The number of rotatable bonds is 6. The highest BCUT2D eigenvalue weighted by molar-refractivity contribution is 6.33. The highest BCUT2D eigenvalue weighted by Crippen LogP contribution is 2.37. The molecule has 0 fully saturated rings. The number of hydrogen-bond acceptors (Lipinski definition) is 6. The van der Waals surface area contributed by atoms with Gasteiger partial charge in [0, 0.05) is 82.7 Å². The van der Waals surface area contributed by atoms with Gasteiger partial charge >= 0.3 is 0 Å². The van der Waals surface area contributed by atoms with Crippen molar-refractivity contribution in [3.8, 4) is 0 Å². The Labute approximate surface area is 206 Å². The Kier molecular flexibility index (Phi) is 5.14. The van der Waals surface area contributed by atoms with Crippen molar-refractivity contribution >= 4 is 34.4 Å². The molecule has 0 aliphatic carbocycles. The maximum atomic E-state index is 13.3. The van der Waals surface area contributed by atoms with Crippen LogP contribution in [0.25, 0.3) is 10.8 Å². The molecule has 176 valence electrons. The van der Waals surface area contributed by atoms with E-state index in [1.165, 1.54) is 9.80 Å². The zero-order valence-corrected chi connectivity index (χ0v) is 19.2. The second kappa shape index (κ2) is 8.49. The van der Waals surface area contributed by atoms with Gasteiger partial charge in [-0.1, -0.05) is 12.1 Å². The first kappa shape index (κ1) is 21.8. The third-order valence-corrected chi connectivity index (χ3v) is 6.70. The monoisotopic (exact) mass is 476 g/mol. The molecule has 2 aliphatic heterocycles. The van der Waals surface area contributed by atoms with Crippen molar-refractivity contribution in [1.82, 2.24) is 19.8 Å². The minimum absolute atomic E-state index is 0.179. The van der Waals surface area contributed by atoms with E-state index in [2.05, 4.69) is 9.97 Å². The summed E-state index contributed by atoms with van der Waals surface area (Å²) in [6, 6.07) is 17.3. The van der Waals surface area contributed by atoms with Crippen molar-refractivity contribution in [2.75, 3.05) is 13.1 Å². The van der Waals surface area contributed by atoms with E-state index in [1.54, 1.807) is 48.8 Å². The number of hydrogen-bond donors (Lipinski definition) is 0. The molecule has 2 aliphatic rings. The second-order valence-corrected chi connectivity index (χ2v) is 8.74. The van der Waals surface area contributed by atoms with Gasteiger partial charge in [0.25, 0.3) is 23.6 Å². The molecule has 8 nitrogen and oxygen atoms in total. The van der Waals surface area contributed by atoms with E-state index in [9.17, 15) is 19.2 Å². The van der Waals surface area contributed by atoms with Gasteiger partial charge in [0.15, 0.2) is 0 Å². The van der Waals surface area contributed by atoms with E-state index in [4.69, 9.17) is 0 Å². The largest absolute Gasteiger partial charge is 0.274 e. The molecule has 0 N–H and O–H groups in total. The Balaban J connectivity index is 1.35. The smallest absolute Gasteiger partial charge is 0.261 e. The van der Waals surface area contributed by atoms with Crippen molar-refractivity contribution in [1.29, 1.82) is 0 Å². The Morgan fingerprint density at radius 1 is 0.500 bits per heavy atom. The van der Waals surface area contributed by atoms with E-state index in [0.717, 1.165) is 11.4 Å². The molecule has 0 saturated heterocycles. The standard InChI is InChI=1S/C28H20N4O4/c33-25-19-7-9-21-24-22(28(36)32(27(21)35)16-12-18-6-2-4-14-30-18)10-8-20(23(19)24)26(34)31(25)15-11-17-5-1-3-13-29-17/h1-10,13-14H,11-12,15-16H2. The van der Waals surface area contributed by atoms with Crippen molar-refractivity contribution in [2.45, 2.75) is 12.8 Å². The van der Waals surface area contributed by atoms with E-state index < -0.39 is 23.6 Å². The van der Waals surface area contributed by atoms with Gasteiger partial charge in [0.2, 0.25) is 0 Å². The highest BCUT2D eigenvalue weighted by Gasteiger charge is 2.39. The summed E-state index contributed by atoms with van der Waals surface area (Å²) < 4.78 is 0. The molecule has 0 unspecified atom stereocenters. The molecule has 2 aromatic heterocycles. The van der Waals surface area contributed by atoms with Crippen LogP contribution in [0.4, 0.5) is 0 Å². The van der Waals surface area contributed by atoms with Crippen molar-refractivity contribution in [3.05, 3.63) is 107 Å². The predicted molar refractivity (Wildman–Crippen MR) is 131 cm³/mol. The summed E-state index contributed by atoms with van der Waals surface area (Å²) >= 11 is 0. The number of nitrogens with zero attached hydrogens (tertiary/aromatic N) is 4. The lowest BCUT2D eigenvalue weighted by molar-refractivity contribution is 0.0590. The molecular formula is C28H20N4O4. The average Bonchev–Trinajstić information content (AvgIpc) is 2.91. The zero-order chi connectivity index (χ0) is 24.8. The quantitative estimate of drug-likeness (QED) is 0.396. The van der Waals surface area contributed by atoms with Crippen LogP contribution < -0.4 is 0 Å². The van der Waals surface area contributed by atoms with Crippen LogP contribution in [-0.2, 0) is 12.8 Å². The van der Waals surface area contributed by atoms with Crippen molar-refractivity contribution in [2.24, 2.45) is 0 Å². The Bertz CT molecular complexity index is 1380. The van der Waals surface area contributed by atoms with Crippen LogP contribution in [0.5, 0.6) is 0 Å². The Morgan fingerprint density at radius 3 is 1.17 bits per heavy atom. The van der Waals surface area contributed by atoms with E-state index in [1.807, 2.05) is 24.3 Å². The van der Waals surface area contributed by atoms with Gasteiger partial charge in [0.05, 0.1) is 0 Å². The molecule has 4 amide bonds. The van der Waals surface area contributed by atoms with Crippen LogP contribution in [0.1, 0.15) is 52.8 Å².